The largest absolute Gasteiger partial charge is 0.496 e. The van der Waals surface area contributed by atoms with E-state index in [0.29, 0.717) is 5.88 Å². The summed E-state index contributed by atoms with van der Waals surface area (Å²) in [6, 6.07) is 5.86. The molecule has 0 atom stereocenters. The first-order valence-corrected chi connectivity index (χ1v) is 5.40. The van der Waals surface area contributed by atoms with Crippen LogP contribution in [-0.2, 0) is 13.1 Å². The zero-order valence-corrected chi connectivity index (χ0v) is 9.16. The number of ether oxygens (including phenoxy) is 1. The predicted octanol–water partition coefficient (Wildman–Crippen LogP) is 1.46. The molecule has 0 unspecified atom stereocenters. The summed E-state index contributed by atoms with van der Waals surface area (Å²) in [6.07, 6.45) is 0. The molecule has 1 aliphatic rings. The molecule has 0 radical (unpaired) electrons. The first kappa shape index (κ1) is 9.54. The van der Waals surface area contributed by atoms with Crippen LogP contribution in [0.3, 0.4) is 0 Å². The molecule has 2 N–H and O–H groups in total. The maximum atomic E-state index is 10.2. The number of rotatable bonds is 1. The van der Waals surface area contributed by atoms with Crippen LogP contribution in [0.25, 0.3) is 10.8 Å². The molecule has 4 nitrogen and oxygen atoms in total. The lowest BCUT2D eigenvalue weighted by atomic mass is 10.1. The maximum Gasteiger partial charge on any atom is 0.203 e. The number of benzene rings is 1. The number of nitrogens with one attached hydrogen (secondary N) is 1. The molecule has 0 saturated heterocycles. The van der Waals surface area contributed by atoms with Crippen molar-refractivity contribution in [1.29, 1.82) is 0 Å². The number of hydrogen-bond acceptors (Lipinski definition) is 3. The van der Waals surface area contributed by atoms with Gasteiger partial charge in [0, 0.05) is 30.7 Å². The average Bonchev–Trinajstić information content (AvgIpc) is 2.64. The van der Waals surface area contributed by atoms with Gasteiger partial charge < -0.3 is 19.7 Å². The highest BCUT2D eigenvalue weighted by Gasteiger charge is 2.20. The molecule has 2 heterocycles. The van der Waals surface area contributed by atoms with Gasteiger partial charge in [-0.15, -0.1) is 0 Å². The molecule has 84 valence electrons. The highest BCUT2D eigenvalue weighted by atomic mass is 16.5. The molecule has 0 spiro atoms. The minimum Gasteiger partial charge on any atom is -0.496 e. The Bertz CT molecular complexity index is 545. The Balaban J connectivity index is 2.39. The van der Waals surface area contributed by atoms with Crippen molar-refractivity contribution in [3.8, 4) is 11.6 Å². The highest BCUT2D eigenvalue weighted by molar-refractivity contribution is 5.96. The normalized spacial score (nSPS) is 15.1. The number of methoxy groups -OCH3 is 1. The van der Waals surface area contributed by atoms with Crippen molar-refractivity contribution in [2.24, 2.45) is 0 Å². The molecular formula is C12H14N2O2. The molecule has 1 aromatic heterocycles. The molecule has 0 aliphatic carbocycles. The Morgan fingerprint density at radius 1 is 1.44 bits per heavy atom. The third kappa shape index (κ3) is 1.13. The highest BCUT2D eigenvalue weighted by Crippen LogP contribution is 2.38. The molecule has 16 heavy (non-hydrogen) atoms. The Morgan fingerprint density at radius 2 is 2.31 bits per heavy atom. The Hall–Kier alpha value is -1.68. The molecule has 0 fully saturated rings. The van der Waals surface area contributed by atoms with Gasteiger partial charge in [0.2, 0.25) is 5.88 Å². The lowest BCUT2D eigenvalue weighted by Crippen LogP contribution is -2.27. The van der Waals surface area contributed by atoms with E-state index in [1.54, 1.807) is 7.11 Å². The van der Waals surface area contributed by atoms with E-state index in [-0.39, 0.29) is 0 Å². The average molecular weight is 218 g/mol. The Morgan fingerprint density at radius 3 is 3.12 bits per heavy atom. The molecule has 2 aromatic rings. The molecule has 0 saturated carbocycles. The van der Waals surface area contributed by atoms with Crippen LogP contribution in [0.2, 0.25) is 0 Å². The monoisotopic (exact) mass is 218 g/mol. The third-order valence-electron chi connectivity index (χ3n) is 3.17. The Labute approximate surface area is 93.4 Å². The van der Waals surface area contributed by atoms with Gasteiger partial charge in [-0.1, -0.05) is 12.1 Å². The second-order valence-corrected chi connectivity index (χ2v) is 3.98. The summed E-state index contributed by atoms with van der Waals surface area (Å²) in [5.41, 5.74) is 1.14. The number of fused-ring (bicyclic) bond motifs is 3. The van der Waals surface area contributed by atoms with E-state index in [2.05, 4.69) is 5.32 Å². The summed E-state index contributed by atoms with van der Waals surface area (Å²) in [5.74, 6) is 1.06. The number of nitrogens with zero attached hydrogens (tertiary/aromatic N) is 1. The predicted molar refractivity (Wildman–Crippen MR) is 61.9 cm³/mol. The minimum atomic E-state index is 0.323. The van der Waals surface area contributed by atoms with E-state index in [1.807, 2.05) is 22.8 Å². The second kappa shape index (κ2) is 3.42. The lowest BCUT2D eigenvalue weighted by Gasteiger charge is -2.16. The fourth-order valence-corrected chi connectivity index (χ4v) is 2.41. The number of aromatic hydroxyl groups is 1. The van der Waals surface area contributed by atoms with Crippen LogP contribution < -0.4 is 10.1 Å². The fourth-order valence-electron chi connectivity index (χ4n) is 2.41. The van der Waals surface area contributed by atoms with E-state index in [0.717, 1.165) is 41.9 Å². The van der Waals surface area contributed by atoms with Crippen LogP contribution >= 0.6 is 0 Å². The third-order valence-corrected chi connectivity index (χ3v) is 3.17. The number of hydrogen-bond donors (Lipinski definition) is 2. The molecule has 4 heteroatoms. The molecule has 3 rings (SSSR count). The first-order valence-electron chi connectivity index (χ1n) is 5.40. The van der Waals surface area contributed by atoms with Crippen molar-refractivity contribution in [3.63, 3.8) is 0 Å². The molecule has 1 aliphatic heterocycles. The van der Waals surface area contributed by atoms with Gasteiger partial charge >= 0.3 is 0 Å². The topological polar surface area (TPSA) is 46.4 Å². The van der Waals surface area contributed by atoms with Crippen LogP contribution in [0, 0.1) is 0 Å². The lowest BCUT2D eigenvalue weighted by molar-refractivity contribution is 0.390. The summed E-state index contributed by atoms with van der Waals surface area (Å²) in [6.45, 7) is 2.49. The van der Waals surface area contributed by atoms with Crippen molar-refractivity contribution in [3.05, 3.63) is 23.9 Å². The standard InChI is InChI=1S/C12H14N2O2/c1-16-10-4-2-3-8-9-7-13-5-6-14(9)12(15)11(8)10/h2-4,13,15H,5-7H2,1H3. The summed E-state index contributed by atoms with van der Waals surface area (Å²) in [7, 11) is 1.63. The van der Waals surface area contributed by atoms with Gasteiger partial charge in [-0.05, 0) is 6.07 Å². The van der Waals surface area contributed by atoms with E-state index >= 15 is 0 Å². The molecular weight excluding hydrogens is 204 g/mol. The minimum absolute atomic E-state index is 0.323. The maximum absolute atomic E-state index is 10.2. The Kier molecular flexibility index (Phi) is 2.04. The van der Waals surface area contributed by atoms with Crippen molar-refractivity contribution < 1.29 is 9.84 Å². The van der Waals surface area contributed by atoms with Crippen LogP contribution in [-0.4, -0.2) is 23.3 Å². The van der Waals surface area contributed by atoms with Crippen molar-refractivity contribution in [2.75, 3.05) is 13.7 Å². The van der Waals surface area contributed by atoms with Gasteiger partial charge in [-0.3, -0.25) is 0 Å². The van der Waals surface area contributed by atoms with Crippen molar-refractivity contribution in [2.45, 2.75) is 13.1 Å². The smallest absolute Gasteiger partial charge is 0.203 e. The van der Waals surface area contributed by atoms with E-state index < -0.39 is 0 Å². The van der Waals surface area contributed by atoms with E-state index in [1.165, 1.54) is 0 Å². The van der Waals surface area contributed by atoms with Gasteiger partial charge in [0.1, 0.15) is 5.75 Å². The molecule has 1 aromatic carbocycles. The van der Waals surface area contributed by atoms with Crippen LogP contribution in [0.4, 0.5) is 0 Å². The van der Waals surface area contributed by atoms with Crippen molar-refractivity contribution >= 4 is 10.8 Å². The summed E-state index contributed by atoms with van der Waals surface area (Å²) < 4.78 is 7.25. The van der Waals surface area contributed by atoms with Gasteiger partial charge in [-0.25, -0.2) is 0 Å². The molecule has 0 bridgehead atoms. The van der Waals surface area contributed by atoms with Gasteiger partial charge in [0.05, 0.1) is 12.5 Å². The number of aromatic nitrogens is 1. The van der Waals surface area contributed by atoms with Crippen LogP contribution in [0.5, 0.6) is 11.6 Å². The summed E-state index contributed by atoms with van der Waals surface area (Å²) in [4.78, 5) is 0. The van der Waals surface area contributed by atoms with Gasteiger partial charge in [0.15, 0.2) is 0 Å². The van der Waals surface area contributed by atoms with Gasteiger partial charge in [-0.2, -0.15) is 0 Å². The van der Waals surface area contributed by atoms with E-state index in [9.17, 15) is 5.11 Å². The summed E-state index contributed by atoms with van der Waals surface area (Å²) in [5, 5.41) is 15.4. The zero-order valence-electron chi connectivity index (χ0n) is 9.16. The van der Waals surface area contributed by atoms with Crippen molar-refractivity contribution in [1.82, 2.24) is 9.88 Å². The fraction of sp³-hybridized carbons (Fsp3) is 0.333. The molecule has 0 amide bonds. The quantitative estimate of drug-likeness (QED) is 0.761. The second-order valence-electron chi connectivity index (χ2n) is 3.98. The first-order chi connectivity index (χ1) is 7.83. The zero-order chi connectivity index (χ0) is 11.1. The van der Waals surface area contributed by atoms with E-state index in [4.69, 9.17) is 4.74 Å². The SMILES string of the molecule is COc1cccc2c3n(c(O)c12)CCNC3. The summed E-state index contributed by atoms with van der Waals surface area (Å²) >= 11 is 0. The van der Waals surface area contributed by atoms with Crippen LogP contribution in [0.1, 0.15) is 5.69 Å². The van der Waals surface area contributed by atoms with Gasteiger partial charge in [0.25, 0.3) is 0 Å². The van der Waals surface area contributed by atoms with Crippen LogP contribution in [0.15, 0.2) is 18.2 Å².